The second kappa shape index (κ2) is 6.41. The van der Waals surface area contributed by atoms with E-state index >= 15 is 0 Å². The van der Waals surface area contributed by atoms with Crippen molar-refractivity contribution < 1.29 is 5.11 Å². The molecule has 0 atom stereocenters. The van der Waals surface area contributed by atoms with Crippen LogP contribution in [0.5, 0.6) is 5.75 Å². The monoisotopic (exact) mass is 391 g/mol. The summed E-state index contributed by atoms with van der Waals surface area (Å²) in [6, 6.07) is 22.7. The summed E-state index contributed by atoms with van der Waals surface area (Å²) in [5, 5.41) is 11.8. The van der Waals surface area contributed by atoms with Gasteiger partial charge in [0.25, 0.3) is 0 Å². The summed E-state index contributed by atoms with van der Waals surface area (Å²) in [5.41, 5.74) is 6.44. The molecule has 2 nitrogen and oxygen atoms in total. The number of phenols is 1. The Labute approximate surface area is 155 Å². The maximum absolute atomic E-state index is 10.6. The number of aromatic amines is 1. The van der Waals surface area contributed by atoms with Gasteiger partial charge in [-0.1, -0.05) is 48.5 Å². The van der Waals surface area contributed by atoms with Gasteiger partial charge >= 0.3 is 0 Å². The zero-order valence-corrected chi connectivity index (χ0v) is 15.5. The zero-order valence-electron chi connectivity index (χ0n) is 13.9. The number of fused-ring (bicyclic) bond motifs is 1. The molecule has 4 rings (SSSR count). The average Bonchev–Trinajstić information content (AvgIpc) is 2.97. The Bertz CT molecular complexity index is 1050. The topological polar surface area (TPSA) is 36.0 Å². The lowest BCUT2D eigenvalue weighted by atomic mass is 9.97. The number of H-pyrrole nitrogens is 1. The number of nitrogens with one attached hydrogen (secondary N) is 1. The Morgan fingerprint density at radius 3 is 2.48 bits per heavy atom. The molecule has 0 aliphatic carbocycles. The van der Waals surface area contributed by atoms with Crippen molar-refractivity contribution in [2.45, 2.75) is 13.3 Å². The highest BCUT2D eigenvalue weighted by Gasteiger charge is 2.17. The van der Waals surface area contributed by atoms with Gasteiger partial charge in [0.1, 0.15) is 5.75 Å². The number of rotatable bonds is 3. The quantitative estimate of drug-likeness (QED) is 0.428. The van der Waals surface area contributed by atoms with Crippen molar-refractivity contribution in [3.8, 4) is 17.0 Å². The van der Waals surface area contributed by atoms with Gasteiger partial charge in [0.05, 0.1) is 10.2 Å². The molecule has 0 unspecified atom stereocenters. The standard InChI is InChI=1S/C22H18BrNO/c1-14-11-18(22(25)19(23)12-14)21-17(13-15-7-3-2-4-8-15)16-9-5-6-10-20(16)24-21/h2-12,24-25H,13H2,1H3. The van der Waals surface area contributed by atoms with Crippen LogP contribution >= 0.6 is 15.9 Å². The summed E-state index contributed by atoms with van der Waals surface area (Å²) in [4.78, 5) is 3.52. The number of phenolic OH excluding ortho intramolecular Hbond substituents is 1. The number of hydrogen-bond donors (Lipinski definition) is 2. The molecule has 25 heavy (non-hydrogen) atoms. The van der Waals surface area contributed by atoms with Gasteiger partial charge in [-0.05, 0) is 57.7 Å². The van der Waals surface area contributed by atoms with E-state index in [1.807, 2.05) is 31.2 Å². The van der Waals surface area contributed by atoms with Crippen molar-refractivity contribution in [3.05, 3.63) is 87.9 Å². The minimum atomic E-state index is 0.270. The third kappa shape index (κ3) is 2.96. The molecule has 0 saturated carbocycles. The number of halogens is 1. The fourth-order valence-electron chi connectivity index (χ4n) is 3.34. The Morgan fingerprint density at radius 2 is 1.68 bits per heavy atom. The molecular weight excluding hydrogens is 374 g/mol. The predicted molar refractivity (Wildman–Crippen MR) is 107 cm³/mol. The molecule has 0 amide bonds. The summed E-state index contributed by atoms with van der Waals surface area (Å²) in [5.74, 6) is 0.270. The molecule has 124 valence electrons. The molecule has 0 bridgehead atoms. The van der Waals surface area contributed by atoms with Gasteiger partial charge in [-0.15, -0.1) is 0 Å². The Balaban J connectivity index is 1.97. The van der Waals surface area contributed by atoms with Crippen LogP contribution in [-0.2, 0) is 6.42 Å². The van der Waals surface area contributed by atoms with E-state index < -0.39 is 0 Å². The molecule has 2 N–H and O–H groups in total. The molecule has 0 spiro atoms. The molecule has 0 radical (unpaired) electrons. The van der Waals surface area contributed by atoms with Crippen LogP contribution in [0.25, 0.3) is 22.2 Å². The van der Waals surface area contributed by atoms with Gasteiger partial charge in [-0.25, -0.2) is 0 Å². The lowest BCUT2D eigenvalue weighted by Gasteiger charge is -2.10. The van der Waals surface area contributed by atoms with Crippen LogP contribution in [0, 0.1) is 6.92 Å². The highest BCUT2D eigenvalue weighted by molar-refractivity contribution is 9.10. The van der Waals surface area contributed by atoms with Crippen LogP contribution in [-0.4, -0.2) is 10.1 Å². The normalized spacial score (nSPS) is 11.1. The van der Waals surface area contributed by atoms with Crippen molar-refractivity contribution in [3.63, 3.8) is 0 Å². The van der Waals surface area contributed by atoms with Crippen molar-refractivity contribution >= 4 is 26.8 Å². The Kier molecular flexibility index (Phi) is 4.10. The van der Waals surface area contributed by atoms with E-state index in [4.69, 9.17) is 0 Å². The van der Waals surface area contributed by atoms with E-state index in [-0.39, 0.29) is 5.75 Å². The predicted octanol–water partition coefficient (Wildman–Crippen LogP) is 6.20. The minimum Gasteiger partial charge on any atom is -0.506 e. The number of hydrogen-bond acceptors (Lipinski definition) is 1. The first kappa shape index (κ1) is 16.0. The SMILES string of the molecule is Cc1cc(Br)c(O)c(-c2[nH]c3ccccc3c2Cc2ccccc2)c1. The number of aromatic hydroxyl groups is 1. The van der Waals surface area contributed by atoms with E-state index in [1.165, 1.54) is 16.5 Å². The summed E-state index contributed by atoms with van der Waals surface area (Å²) in [6.07, 6.45) is 0.811. The van der Waals surface area contributed by atoms with Crippen molar-refractivity contribution in [1.29, 1.82) is 0 Å². The van der Waals surface area contributed by atoms with E-state index in [2.05, 4.69) is 63.4 Å². The third-order valence-electron chi connectivity index (χ3n) is 4.51. The van der Waals surface area contributed by atoms with Crippen LogP contribution < -0.4 is 0 Å². The van der Waals surface area contributed by atoms with Gasteiger partial charge in [0, 0.05) is 22.9 Å². The molecule has 0 aliphatic rings. The number of benzene rings is 3. The molecule has 3 aromatic carbocycles. The van der Waals surface area contributed by atoms with Crippen molar-refractivity contribution in [1.82, 2.24) is 4.98 Å². The fraction of sp³-hybridized carbons (Fsp3) is 0.0909. The Hall–Kier alpha value is -2.52. The summed E-state index contributed by atoms with van der Waals surface area (Å²) >= 11 is 3.47. The maximum atomic E-state index is 10.6. The summed E-state index contributed by atoms with van der Waals surface area (Å²) < 4.78 is 0.715. The second-order valence-electron chi connectivity index (χ2n) is 6.33. The number of para-hydroxylation sites is 1. The smallest absolute Gasteiger partial charge is 0.139 e. The van der Waals surface area contributed by atoms with E-state index in [0.717, 1.165) is 28.8 Å². The van der Waals surface area contributed by atoms with Crippen molar-refractivity contribution in [2.24, 2.45) is 0 Å². The largest absolute Gasteiger partial charge is 0.506 e. The van der Waals surface area contributed by atoms with E-state index in [0.29, 0.717) is 4.47 Å². The third-order valence-corrected chi connectivity index (χ3v) is 5.12. The van der Waals surface area contributed by atoms with Crippen LogP contribution in [0.3, 0.4) is 0 Å². The van der Waals surface area contributed by atoms with Gasteiger partial charge in [0.2, 0.25) is 0 Å². The van der Waals surface area contributed by atoms with Crippen LogP contribution in [0.15, 0.2) is 71.2 Å². The van der Waals surface area contributed by atoms with Crippen LogP contribution in [0.4, 0.5) is 0 Å². The first-order chi connectivity index (χ1) is 12.1. The highest BCUT2D eigenvalue weighted by Crippen LogP contribution is 2.40. The minimum absolute atomic E-state index is 0.270. The first-order valence-corrected chi connectivity index (χ1v) is 9.06. The zero-order chi connectivity index (χ0) is 17.4. The molecule has 0 aliphatic heterocycles. The number of aromatic nitrogens is 1. The lowest BCUT2D eigenvalue weighted by Crippen LogP contribution is -1.92. The maximum Gasteiger partial charge on any atom is 0.139 e. The van der Waals surface area contributed by atoms with Gasteiger partial charge < -0.3 is 10.1 Å². The average molecular weight is 392 g/mol. The molecule has 3 heteroatoms. The Morgan fingerprint density at radius 1 is 0.960 bits per heavy atom. The second-order valence-corrected chi connectivity index (χ2v) is 7.18. The fourth-order valence-corrected chi connectivity index (χ4v) is 3.91. The summed E-state index contributed by atoms with van der Waals surface area (Å²) in [6.45, 7) is 2.03. The molecule has 1 heterocycles. The van der Waals surface area contributed by atoms with E-state index in [9.17, 15) is 5.11 Å². The first-order valence-electron chi connectivity index (χ1n) is 8.26. The van der Waals surface area contributed by atoms with Crippen LogP contribution in [0.2, 0.25) is 0 Å². The highest BCUT2D eigenvalue weighted by atomic mass is 79.9. The van der Waals surface area contributed by atoms with Gasteiger partial charge in [-0.2, -0.15) is 0 Å². The van der Waals surface area contributed by atoms with Gasteiger partial charge in [0.15, 0.2) is 0 Å². The summed E-state index contributed by atoms with van der Waals surface area (Å²) in [7, 11) is 0. The number of aryl methyl sites for hydroxylation is 1. The molecule has 4 aromatic rings. The lowest BCUT2D eigenvalue weighted by molar-refractivity contribution is 0.473. The molecule has 1 aromatic heterocycles. The van der Waals surface area contributed by atoms with Crippen LogP contribution in [0.1, 0.15) is 16.7 Å². The molecule has 0 saturated heterocycles. The van der Waals surface area contributed by atoms with Gasteiger partial charge in [-0.3, -0.25) is 0 Å². The van der Waals surface area contributed by atoms with Crippen molar-refractivity contribution in [2.75, 3.05) is 0 Å². The molecular formula is C22H18BrNO. The molecule has 0 fully saturated rings. The van der Waals surface area contributed by atoms with E-state index in [1.54, 1.807) is 0 Å².